The van der Waals surface area contributed by atoms with Crippen LogP contribution >= 0.6 is 0 Å². The third-order valence-electron chi connectivity index (χ3n) is 5.67. The van der Waals surface area contributed by atoms with E-state index < -0.39 is 0 Å². The first-order valence-corrected chi connectivity index (χ1v) is 11.5. The lowest BCUT2D eigenvalue weighted by atomic mass is 10.1. The van der Waals surface area contributed by atoms with Gasteiger partial charge in [-0.15, -0.1) is 0 Å². The van der Waals surface area contributed by atoms with Crippen molar-refractivity contribution in [1.29, 1.82) is 0 Å². The van der Waals surface area contributed by atoms with Gasteiger partial charge >= 0.3 is 0 Å². The number of amides is 1. The molecular weight excluding hydrogens is 368 g/mol. The van der Waals surface area contributed by atoms with Gasteiger partial charge in [0.1, 0.15) is 0 Å². The Morgan fingerprint density at radius 2 is 1.72 bits per heavy atom. The molecule has 2 rings (SSSR count). The van der Waals surface area contributed by atoms with Gasteiger partial charge in [0.05, 0.1) is 12.6 Å². The van der Waals surface area contributed by atoms with Crippen LogP contribution in [0.3, 0.4) is 0 Å². The minimum atomic E-state index is -0.106. The van der Waals surface area contributed by atoms with E-state index in [-0.39, 0.29) is 12.0 Å². The Hall–Kier alpha value is -1.38. The SMILES string of the molecule is CCCNC(=O)CN1CCC(NC(=NCCCN2CCC(O)CC2)NCC)CC1. The molecule has 0 saturated carbocycles. The molecule has 8 heteroatoms. The van der Waals surface area contributed by atoms with E-state index in [0.29, 0.717) is 12.6 Å². The van der Waals surface area contributed by atoms with Crippen molar-refractivity contribution in [3.8, 4) is 0 Å². The Kier molecular flexibility index (Phi) is 11.3. The first-order chi connectivity index (χ1) is 14.1. The monoisotopic (exact) mass is 410 g/mol. The van der Waals surface area contributed by atoms with Crippen molar-refractivity contribution >= 4 is 11.9 Å². The van der Waals surface area contributed by atoms with Crippen LogP contribution in [0, 0.1) is 0 Å². The minimum Gasteiger partial charge on any atom is -0.393 e. The van der Waals surface area contributed by atoms with Crippen molar-refractivity contribution in [2.75, 3.05) is 58.9 Å². The molecule has 2 heterocycles. The van der Waals surface area contributed by atoms with Crippen LogP contribution in [0.5, 0.6) is 0 Å². The van der Waals surface area contributed by atoms with Crippen LogP contribution in [0.2, 0.25) is 0 Å². The van der Waals surface area contributed by atoms with E-state index in [1.54, 1.807) is 0 Å². The maximum Gasteiger partial charge on any atom is 0.234 e. The fourth-order valence-corrected chi connectivity index (χ4v) is 3.90. The molecule has 4 N–H and O–H groups in total. The summed E-state index contributed by atoms with van der Waals surface area (Å²) in [4.78, 5) is 21.3. The van der Waals surface area contributed by atoms with Gasteiger partial charge in [0.15, 0.2) is 5.96 Å². The minimum absolute atomic E-state index is 0.106. The predicted octanol–water partition coefficient (Wildman–Crippen LogP) is 0.379. The van der Waals surface area contributed by atoms with Gasteiger partial charge in [-0.3, -0.25) is 14.7 Å². The molecule has 0 spiro atoms. The van der Waals surface area contributed by atoms with Gasteiger partial charge in [-0.1, -0.05) is 6.92 Å². The zero-order valence-electron chi connectivity index (χ0n) is 18.5. The summed E-state index contributed by atoms with van der Waals surface area (Å²) in [5.41, 5.74) is 0. The number of carbonyl (C=O) groups excluding carboxylic acids is 1. The second-order valence-corrected chi connectivity index (χ2v) is 8.23. The zero-order valence-corrected chi connectivity index (χ0v) is 18.5. The van der Waals surface area contributed by atoms with Gasteiger partial charge in [-0.05, 0) is 52.0 Å². The highest BCUT2D eigenvalue weighted by Crippen LogP contribution is 2.11. The molecule has 2 saturated heterocycles. The summed E-state index contributed by atoms with van der Waals surface area (Å²) in [5, 5.41) is 19.5. The number of nitrogens with one attached hydrogen (secondary N) is 3. The van der Waals surface area contributed by atoms with E-state index in [1.807, 2.05) is 0 Å². The number of piperidine rings is 2. The highest BCUT2D eigenvalue weighted by atomic mass is 16.3. The summed E-state index contributed by atoms with van der Waals surface area (Å²) in [6.07, 6.45) is 5.76. The molecule has 1 amide bonds. The van der Waals surface area contributed by atoms with Crippen molar-refractivity contribution in [2.24, 2.45) is 4.99 Å². The summed E-state index contributed by atoms with van der Waals surface area (Å²) < 4.78 is 0. The van der Waals surface area contributed by atoms with Crippen molar-refractivity contribution in [1.82, 2.24) is 25.8 Å². The molecule has 2 aliphatic rings. The third-order valence-corrected chi connectivity index (χ3v) is 5.67. The number of aliphatic imine (C=N–C) groups is 1. The highest BCUT2D eigenvalue weighted by Gasteiger charge is 2.21. The summed E-state index contributed by atoms with van der Waals surface area (Å²) in [6.45, 7) is 12.0. The first-order valence-electron chi connectivity index (χ1n) is 11.5. The largest absolute Gasteiger partial charge is 0.393 e. The Balaban J connectivity index is 1.65. The van der Waals surface area contributed by atoms with Crippen LogP contribution in [0.15, 0.2) is 4.99 Å². The summed E-state index contributed by atoms with van der Waals surface area (Å²) >= 11 is 0. The Bertz CT molecular complexity index is 486. The molecule has 0 unspecified atom stereocenters. The number of rotatable bonds is 10. The topological polar surface area (TPSA) is 92.2 Å². The number of guanidine groups is 1. The van der Waals surface area contributed by atoms with Crippen LogP contribution in [-0.4, -0.2) is 97.8 Å². The van der Waals surface area contributed by atoms with Crippen LogP contribution in [0.4, 0.5) is 0 Å². The standard InChI is InChI=1S/C21H42N6O2/c1-3-10-23-20(29)17-27-13-6-18(7-14-27)25-21(22-4-2)24-11-5-12-26-15-8-19(28)9-16-26/h18-19,28H,3-17H2,1-2H3,(H,23,29)(H2,22,24,25). The van der Waals surface area contributed by atoms with Gasteiger partial charge in [0.2, 0.25) is 5.91 Å². The van der Waals surface area contributed by atoms with Crippen LogP contribution in [0.1, 0.15) is 52.4 Å². The number of hydrogen-bond donors (Lipinski definition) is 4. The molecular formula is C21H42N6O2. The second kappa shape index (κ2) is 13.8. The molecule has 0 bridgehead atoms. The van der Waals surface area contributed by atoms with Crippen molar-refractivity contribution in [3.63, 3.8) is 0 Å². The highest BCUT2D eigenvalue weighted by molar-refractivity contribution is 5.80. The Labute approximate surface area is 176 Å². The Morgan fingerprint density at radius 1 is 1.03 bits per heavy atom. The van der Waals surface area contributed by atoms with Gasteiger partial charge in [-0.25, -0.2) is 0 Å². The molecule has 8 nitrogen and oxygen atoms in total. The smallest absolute Gasteiger partial charge is 0.234 e. The number of likely N-dealkylation sites (tertiary alicyclic amines) is 2. The number of aliphatic hydroxyl groups excluding tert-OH is 1. The van der Waals surface area contributed by atoms with Crippen LogP contribution in [-0.2, 0) is 4.79 Å². The molecule has 0 aromatic carbocycles. The molecule has 0 radical (unpaired) electrons. The second-order valence-electron chi connectivity index (χ2n) is 8.23. The molecule has 168 valence electrons. The quantitative estimate of drug-likeness (QED) is 0.236. The number of aliphatic hydroxyl groups is 1. The van der Waals surface area contributed by atoms with Gasteiger partial charge < -0.3 is 26.0 Å². The predicted molar refractivity (Wildman–Crippen MR) is 118 cm³/mol. The summed E-state index contributed by atoms with van der Waals surface area (Å²) in [6, 6.07) is 0.409. The average Bonchev–Trinajstić information content (AvgIpc) is 2.72. The molecule has 0 aromatic heterocycles. The van der Waals surface area contributed by atoms with Gasteiger partial charge in [-0.2, -0.15) is 0 Å². The van der Waals surface area contributed by atoms with Crippen molar-refractivity contribution in [3.05, 3.63) is 0 Å². The van der Waals surface area contributed by atoms with E-state index in [2.05, 4.69) is 39.6 Å². The summed E-state index contributed by atoms with van der Waals surface area (Å²) in [7, 11) is 0. The van der Waals surface area contributed by atoms with E-state index in [1.165, 1.54) is 0 Å². The Morgan fingerprint density at radius 3 is 2.38 bits per heavy atom. The average molecular weight is 411 g/mol. The molecule has 29 heavy (non-hydrogen) atoms. The maximum absolute atomic E-state index is 11.9. The lowest BCUT2D eigenvalue weighted by Crippen LogP contribution is -2.50. The van der Waals surface area contributed by atoms with Crippen LogP contribution < -0.4 is 16.0 Å². The number of carbonyl (C=O) groups is 1. The third kappa shape index (κ3) is 9.78. The van der Waals surface area contributed by atoms with Gasteiger partial charge in [0.25, 0.3) is 0 Å². The van der Waals surface area contributed by atoms with Crippen LogP contribution in [0.25, 0.3) is 0 Å². The normalized spacial score (nSPS) is 20.6. The first kappa shape index (κ1) is 23.9. The maximum atomic E-state index is 11.9. The molecule has 0 atom stereocenters. The van der Waals surface area contributed by atoms with Gasteiger partial charge in [0, 0.05) is 51.9 Å². The van der Waals surface area contributed by atoms with Crippen molar-refractivity contribution in [2.45, 2.75) is 64.5 Å². The lowest BCUT2D eigenvalue weighted by molar-refractivity contribution is -0.122. The molecule has 0 aliphatic carbocycles. The van der Waals surface area contributed by atoms with E-state index >= 15 is 0 Å². The van der Waals surface area contributed by atoms with E-state index in [9.17, 15) is 9.90 Å². The molecule has 0 aromatic rings. The number of hydrogen-bond acceptors (Lipinski definition) is 5. The number of nitrogens with zero attached hydrogens (tertiary/aromatic N) is 3. The van der Waals surface area contributed by atoms with E-state index in [0.717, 1.165) is 96.8 Å². The lowest BCUT2D eigenvalue weighted by Gasteiger charge is -2.32. The zero-order chi connectivity index (χ0) is 20.9. The fourth-order valence-electron chi connectivity index (χ4n) is 3.90. The molecule has 2 fully saturated rings. The molecule has 2 aliphatic heterocycles. The van der Waals surface area contributed by atoms with E-state index in [4.69, 9.17) is 4.99 Å². The van der Waals surface area contributed by atoms with Crippen molar-refractivity contribution < 1.29 is 9.90 Å². The summed E-state index contributed by atoms with van der Waals surface area (Å²) in [5.74, 6) is 1.04. The fraction of sp³-hybridized carbons (Fsp3) is 0.905.